The minimum absolute atomic E-state index is 0.179. The maximum atomic E-state index is 12.7. The van der Waals surface area contributed by atoms with Crippen LogP contribution in [0, 0.1) is 5.92 Å². The Kier molecular flexibility index (Phi) is 3.24. The molecule has 0 amide bonds. The molecule has 4 heteroatoms. The molecule has 0 bridgehead atoms. The molecule has 1 saturated carbocycles. The van der Waals surface area contributed by atoms with E-state index in [9.17, 15) is 4.79 Å². The van der Waals surface area contributed by atoms with Gasteiger partial charge in [-0.05, 0) is 50.9 Å². The Labute approximate surface area is 137 Å². The zero-order valence-corrected chi connectivity index (χ0v) is 14.4. The molecular weight excluding hydrogens is 290 g/mol. The van der Waals surface area contributed by atoms with Gasteiger partial charge in [-0.15, -0.1) is 0 Å². The van der Waals surface area contributed by atoms with E-state index in [4.69, 9.17) is 9.47 Å². The number of rotatable bonds is 3. The van der Waals surface area contributed by atoms with E-state index < -0.39 is 0 Å². The van der Waals surface area contributed by atoms with Crippen LogP contribution in [0.15, 0.2) is 12.1 Å². The maximum Gasteiger partial charge on any atom is 0.174 e. The zero-order valence-electron chi connectivity index (χ0n) is 14.4. The third kappa shape index (κ3) is 1.73. The second kappa shape index (κ2) is 4.97. The third-order valence-corrected chi connectivity index (χ3v) is 6.39. The van der Waals surface area contributed by atoms with Gasteiger partial charge < -0.3 is 14.4 Å². The van der Waals surface area contributed by atoms with Crippen LogP contribution in [-0.4, -0.2) is 44.0 Å². The number of hydrogen-bond acceptors (Lipinski definition) is 4. The highest BCUT2D eigenvalue weighted by Crippen LogP contribution is 2.61. The topological polar surface area (TPSA) is 38.8 Å². The zero-order chi connectivity index (χ0) is 16.4. The van der Waals surface area contributed by atoms with E-state index in [1.807, 2.05) is 6.07 Å². The molecule has 1 aromatic rings. The van der Waals surface area contributed by atoms with Gasteiger partial charge in [0.1, 0.15) is 0 Å². The number of hydrogen-bond donors (Lipinski definition) is 0. The third-order valence-electron chi connectivity index (χ3n) is 6.39. The Morgan fingerprint density at radius 1 is 1.39 bits per heavy atom. The fourth-order valence-electron chi connectivity index (χ4n) is 5.41. The van der Waals surface area contributed by atoms with Crippen molar-refractivity contribution in [2.45, 2.75) is 50.2 Å². The summed E-state index contributed by atoms with van der Waals surface area (Å²) in [5.74, 6) is 2.31. The standard InChI is InChI=1S/C19H25NO3/c1-5-19-12-7-8-14(21)18(19)23-17-15(22-4)9-6-11(16(17)19)10-13(12)20(2)3/h6,9,12-13,18H,5,7-8,10H2,1-4H3/t12-,13+,18?,19-/m1/s1. The Morgan fingerprint density at radius 2 is 2.17 bits per heavy atom. The lowest BCUT2D eigenvalue weighted by Gasteiger charge is -2.52. The van der Waals surface area contributed by atoms with Crippen LogP contribution in [0.2, 0.25) is 0 Å². The summed E-state index contributed by atoms with van der Waals surface area (Å²) in [6, 6.07) is 4.62. The van der Waals surface area contributed by atoms with Crippen LogP contribution in [0.3, 0.4) is 0 Å². The Morgan fingerprint density at radius 3 is 2.83 bits per heavy atom. The van der Waals surface area contributed by atoms with Crippen LogP contribution >= 0.6 is 0 Å². The molecule has 4 atom stereocenters. The lowest BCUT2D eigenvalue weighted by Crippen LogP contribution is -2.60. The summed E-state index contributed by atoms with van der Waals surface area (Å²) in [4.78, 5) is 15.0. The molecule has 1 unspecified atom stereocenters. The molecule has 0 aromatic heterocycles. The molecule has 4 nitrogen and oxygen atoms in total. The number of Topliss-reactive ketones (excluding diaryl/α,β-unsaturated/α-hetero) is 1. The van der Waals surface area contributed by atoms with Crippen molar-refractivity contribution in [3.05, 3.63) is 23.3 Å². The van der Waals surface area contributed by atoms with Crippen molar-refractivity contribution in [2.75, 3.05) is 21.2 Å². The number of likely N-dealkylation sites (N-methyl/N-ethyl adjacent to an activating group) is 1. The van der Waals surface area contributed by atoms with Gasteiger partial charge in [0, 0.05) is 23.4 Å². The molecule has 0 saturated heterocycles. The Balaban J connectivity index is 2.00. The molecule has 0 radical (unpaired) electrons. The summed E-state index contributed by atoms with van der Waals surface area (Å²) in [6.45, 7) is 2.21. The molecular formula is C19H25NO3. The average molecular weight is 315 g/mol. The molecule has 0 spiro atoms. The second-order valence-electron chi connectivity index (χ2n) is 7.37. The minimum Gasteiger partial charge on any atom is -0.493 e. The van der Waals surface area contributed by atoms with Crippen molar-refractivity contribution in [3.63, 3.8) is 0 Å². The predicted octanol–water partition coefficient (Wildman–Crippen LogP) is 2.57. The van der Waals surface area contributed by atoms with Gasteiger partial charge in [0.15, 0.2) is 23.4 Å². The van der Waals surface area contributed by atoms with Crippen molar-refractivity contribution >= 4 is 5.78 Å². The molecule has 3 aliphatic rings. The van der Waals surface area contributed by atoms with Crippen LogP contribution in [0.1, 0.15) is 37.3 Å². The molecule has 1 aliphatic heterocycles. The molecule has 124 valence electrons. The maximum absolute atomic E-state index is 12.7. The van der Waals surface area contributed by atoms with Gasteiger partial charge >= 0.3 is 0 Å². The first-order valence-electron chi connectivity index (χ1n) is 8.60. The highest BCUT2D eigenvalue weighted by atomic mass is 16.5. The van der Waals surface area contributed by atoms with E-state index in [2.05, 4.69) is 32.0 Å². The predicted molar refractivity (Wildman–Crippen MR) is 88.3 cm³/mol. The molecule has 23 heavy (non-hydrogen) atoms. The van der Waals surface area contributed by atoms with Gasteiger partial charge in [-0.3, -0.25) is 4.79 Å². The van der Waals surface area contributed by atoms with Gasteiger partial charge in [-0.2, -0.15) is 0 Å². The van der Waals surface area contributed by atoms with Gasteiger partial charge in [0.05, 0.1) is 7.11 Å². The van der Waals surface area contributed by atoms with Gasteiger partial charge in [-0.1, -0.05) is 13.0 Å². The van der Waals surface area contributed by atoms with E-state index in [0.29, 0.717) is 18.4 Å². The first-order chi connectivity index (χ1) is 11.0. The van der Waals surface area contributed by atoms with Crippen molar-refractivity contribution < 1.29 is 14.3 Å². The summed E-state index contributed by atoms with van der Waals surface area (Å²) < 4.78 is 11.8. The van der Waals surface area contributed by atoms with E-state index in [0.717, 1.165) is 30.8 Å². The lowest BCUT2D eigenvalue weighted by molar-refractivity contribution is -0.135. The van der Waals surface area contributed by atoms with E-state index in [-0.39, 0.29) is 17.3 Å². The normalized spacial score (nSPS) is 34.3. The number of ketones is 1. The van der Waals surface area contributed by atoms with Crippen LogP contribution in [0.4, 0.5) is 0 Å². The Hall–Kier alpha value is -1.55. The SMILES string of the molecule is CC[C@@]12c3c4ccc(OC)c3OC1C(=O)CC[C@@H]2[C@@H](N(C)C)C4. The number of carbonyl (C=O) groups is 1. The van der Waals surface area contributed by atoms with Crippen LogP contribution in [0.25, 0.3) is 0 Å². The first-order valence-corrected chi connectivity index (χ1v) is 8.60. The molecule has 1 aromatic carbocycles. The molecule has 2 aliphatic carbocycles. The molecule has 1 heterocycles. The largest absolute Gasteiger partial charge is 0.493 e. The van der Waals surface area contributed by atoms with Crippen molar-refractivity contribution in [3.8, 4) is 11.5 Å². The van der Waals surface area contributed by atoms with Crippen molar-refractivity contribution in [1.29, 1.82) is 0 Å². The monoisotopic (exact) mass is 315 g/mol. The number of nitrogens with zero attached hydrogens (tertiary/aromatic N) is 1. The summed E-state index contributed by atoms with van der Waals surface area (Å²) in [7, 11) is 5.99. The highest BCUT2D eigenvalue weighted by molar-refractivity contribution is 5.89. The number of ether oxygens (including phenoxy) is 2. The average Bonchev–Trinajstić information content (AvgIpc) is 2.92. The molecule has 4 rings (SSSR count). The van der Waals surface area contributed by atoms with E-state index in [1.54, 1.807) is 7.11 Å². The number of carbonyl (C=O) groups excluding carboxylic acids is 1. The summed E-state index contributed by atoms with van der Waals surface area (Å²) in [5.41, 5.74) is 2.41. The van der Waals surface area contributed by atoms with Crippen LogP contribution in [-0.2, 0) is 16.6 Å². The van der Waals surface area contributed by atoms with E-state index in [1.165, 1.54) is 11.1 Å². The Bertz CT molecular complexity index is 669. The second-order valence-corrected chi connectivity index (χ2v) is 7.37. The van der Waals surface area contributed by atoms with Gasteiger partial charge in [0.25, 0.3) is 0 Å². The highest BCUT2D eigenvalue weighted by Gasteiger charge is 2.63. The van der Waals surface area contributed by atoms with Gasteiger partial charge in [-0.25, -0.2) is 0 Å². The lowest BCUT2D eigenvalue weighted by atomic mass is 9.53. The quantitative estimate of drug-likeness (QED) is 0.859. The smallest absolute Gasteiger partial charge is 0.174 e. The summed E-state index contributed by atoms with van der Waals surface area (Å²) >= 11 is 0. The fraction of sp³-hybridized carbons (Fsp3) is 0.632. The molecule has 1 fully saturated rings. The van der Waals surface area contributed by atoms with Crippen LogP contribution < -0.4 is 9.47 Å². The minimum atomic E-state index is -0.334. The summed E-state index contributed by atoms with van der Waals surface area (Å²) in [5, 5.41) is 0. The molecule has 0 N–H and O–H groups in total. The van der Waals surface area contributed by atoms with E-state index >= 15 is 0 Å². The fourth-order valence-corrected chi connectivity index (χ4v) is 5.41. The number of methoxy groups -OCH3 is 1. The van der Waals surface area contributed by atoms with Gasteiger partial charge in [0.2, 0.25) is 0 Å². The first kappa shape index (κ1) is 15.0. The van der Waals surface area contributed by atoms with Crippen molar-refractivity contribution in [1.82, 2.24) is 4.90 Å². The summed E-state index contributed by atoms with van der Waals surface area (Å²) in [6.07, 6.45) is 3.22. The van der Waals surface area contributed by atoms with Crippen LogP contribution in [0.5, 0.6) is 11.5 Å². The number of benzene rings is 1. The van der Waals surface area contributed by atoms with Crippen molar-refractivity contribution in [2.24, 2.45) is 5.92 Å².